The van der Waals surface area contributed by atoms with Crippen LogP contribution in [0.3, 0.4) is 0 Å². The number of amides is 1. The summed E-state index contributed by atoms with van der Waals surface area (Å²) in [4.78, 5) is 26.1. The SMILES string of the molecule is COc1ccc(C(=O)N2CCC(Cc3ccccc3C(=O)O)CC2)c(C)c1. The summed E-state index contributed by atoms with van der Waals surface area (Å²) in [6.07, 6.45) is 2.51. The maximum absolute atomic E-state index is 12.8. The molecule has 1 aliphatic heterocycles. The van der Waals surface area contributed by atoms with E-state index in [0.29, 0.717) is 30.1 Å². The summed E-state index contributed by atoms with van der Waals surface area (Å²) in [5, 5.41) is 9.34. The van der Waals surface area contributed by atoms with Crippen molar-refractivity contribution >= 4 is 11.9 Å². The number of rotatable bonds is 5. The summed E-state index contributed by atoms with van der Waals surface area (Å²) in [5.41, 5.74) is 2.88. The summed E-state index contributed by atoms with van der Waals surface area (Å²) >= 11 is 0. The molecule has 27 heavy (non-hydrogen) atoms. The minimum Gasteiger partial charge on any atom is -0.497 e. The van der Waals surface area contributed by atoms with Crippen LogP contribution in [0.4, 0.5) is 0 Å². The van der Waals surface area contributed by atoms with E-state index in [1.807, 2.05) is 42.2 Å². The zero-order valence-electron chi connectivity index (χ0n) is 15.8. The van der Waals surface area contributed by atoms with Crippen LogP contribution in [0.15, 0.2) is 42.5 Å². The molecular formula is C22H25NO4. The van der Waals surface area contributed by atoms with Crippen LogP contribution in [0, 0.1) is 12.8 Å². The van der Waals surface area contributed by atoms with E-state index in [1.165, 1.54) is 0 Å². The number of carbonyl (C=O) groups is 2. The Morgan fingerprint density at radius 1 is 1.11 bits per heavy atom. The first-order chi connectivity index (χ1) is 13.0. The van der Waals surface area contributed by atoms with E-state index in [9.17, 15) is 14.7 Å². The van der Waals surface area contributed by atoms with Crippen LogP contribution in [0.5, 0.6) is 5.75 Å². The van der Waals surface area contributed by atoms with Gasteiger partial charge in [0.2, 0.25) is 0 Å². The topological polar surface area (TPSA) is 66.8 Å². The largest absolute Gasteiger partial charge is 0.497 e. The molecule has 1 N–H and O–H groups in total. The number of aryl methyl sites for hydroxylation is 1. The molecule has 1 heterocycles. The monoisotopic (exact) mass is 367 g/mol. The van der Waals surface area contributed by atoms with E-state index in [1.54, 1.807) is 19.2 Å². The Balaban J connectivity index is 1.62. The van der Waals surface area contributed by atoms with E-state index in [-0.39, 0.29) is 5.91 Å². The van der Waals surface area contributed by atoms with Gasteiger partial charge in [-0.2, -0.15) is 0 Å². The lowest BCUT2D eigenvalue weighted by atomic mass is 9.88. The predicted octanol–water partition coefficient (Wildman–Crippen LogP) is 3.80. The molecule has 5 nitrogen and oxygen atoms in total. The van der Waals surface area contributed by atoms with E-state index in [4.69, 9.17) is 4.74 Å². The Kier molecular flexibility index (Phi) is 5.79. The van der Waals surface area contributed by atoms with Gasteiger partial charge in [0, 0.05) is 18.7 Å². The Morgan fingerprint density at radius 2 is 1.81 bits per heavy atom. The zero-order valence-corrected chi connectivity index (χ0v) is 15.8. The van der Waals surface area contributed by atoms with E-state index >= 15 is 0 Å². The molecule has 1 saturated heterocycles. The number of carboxylic acid groups (broad SMARTS) is 1. The third kappa shape index (κ3) is 4.30. The molecule has 142 valence electrons. The molecule has 2 aromatic carbocycles. The molecule has 0 spiro atoms. The van der Waals surface area contributed by atoms with Gasteiger partial charge in [0.05, 0.1) is 12.7 Å². The quantitative estimate of drug-likeness (QED) is 0.873. The van der Waals surface area contributed by atoms with Crippen molar-refractivity contribution < 1.29 is 19.4 Å². The van der Waals surface area contributed by atoms with Gasteiger partial charge in [-0.15, -0.1) is 0 Å². The van der Waals surface area contributed by atoms with Crippen molar-refractivity contribution in [2.75, 3.05) is 20.2 Å². The van der Waals surface area contributed by atoms with Crippen LogP contribution in [0.2, 0.25) is 0 Å². The maximum atomic E-state index is 12.8. The van der Waals surface area contributed by atoms with Crippen molar-refractivity contribution in [3.8, 4) is 5.75 Å². The normalized spacial score (nSPS) is 14.8. The molecule has 0 unspecified atom stereocenters. The lowest BCUT2D eigenvalue weighted by molar-refractivity contribution is 0.0689. The number of ether oxygens (including phenoxy) is 1. The number of hydrogen-bond acceptors (Lipinski definition) is 3. The van der Waals surface area contributed by atoms with Gasteiger partial charge in [-0.1, -0.05) is 18.2 Å². The summed E-state index contributed by atoms with van der Waals surface area (Å²) in [6.45, 7) is 3.32. The molecule has 3 rings (SSSR count). The Morgan fingerprint density at radius 3 is 2.44 bits per heavy atom. The zero-order chi connectivity index (χ0) is 19.4. The number of benzene rings is 2. The Hall–Kier alpha value is -2.82. The molecule has 0 aromatic heterocycles. The first-order valence-corrected chi connectivity index (χ1v) is 9.24. The van der Waals surface area contributed by atoms with Gasteiger partial charge in [0.1, 0.15) is 5.75 Å². The van der Waals surface area contributed by atoms with Gasteiger partial charge in [0.15, 0.2) is 0 Å². The molecule has 0 aliphatic carbocycles. The molecule has 2 aromatic rings. The first kappa shape index (κ1) is 19.0. The smallest absolute Gasteiger partial charge is 0.335 e. The predicted molar refractivity (Wildman–Crippen MR) is 103 cm³/mol. The second-order valence-electron chi connectivity index (χ2n) is 7.08. The summed E-state index contributed by atoms with van der Waals surface area (Å²) in [6, 6.07) is 12.7. The summed E-state index contributed by atoms with van der Waals surface area (Å²) in [5.74, 6) is 0.319. The highest BCUT2D eigenvalue weighted by Gasteiger charge is 2.25. The van der Waals surface area contributed by atoms with Crippen molar-refractivity contribution in [2.45, 2.75) is 26.2 Å². The minimum atomic E-state index is -0.881. The molecule has 1 amide bonds. The summed E-state index contributed by atoms with van der Waals surface area (Å²) < 4.78 is 5.21. The number of hydrogen-bond donors (Lipinski definition) is 1. The Bertz CT molecular complexity index is 838. The first-order valence-electron chi connectivity index (χ1n) is 9.24. The minimum absolute atomic E-state index is 0.0551. The van der Waals surface area contributed by atoms with Gasteiger partial charge in [-0.05, 0) is 67.5 Å². The van der Waals surface area contributed by atoms with E-state index in [0.717, 1.165) is 36.1 Å². The fraction of sp³-hybridized carbons (Fsp3) is 0.364. The number of nitrogens with zero attached hydrogens (tertiary/aromatic N) is 1. The fourth-order valence-electron chi connectivity index (χ4n) is 3.73. The lowest BCUT2D eigenvalue weighted by Gasteiger charge is -2.32. The van der Waals surface area contributed by atoms with E-state index in [2.05, 4.69) is 0 Å². The lowest BCUT2D eigenvalue weighted by Crippen LogP contribution is -2.39. The van der Waals surface area contributed by atoms with Crippen LogP contribution in [-0.2, 0) is 6.42 Å². The highest BCUT2D eigenvalue weighted by molar-refractivity contribution is 5.96. The average Bonchev–Trinajstić information content (AvgIpc) is 2.68. The number of likely N-dealkylation sites (tertiary alicyclic amines) is 1. The van der Waals surface area contributed by atoms with Gasteiger partial charge >= 0.3 is 5.97 Å². The van der Waals surface area contributed by atoms with Crippen molar-refractivity contribution in [2.24, 2.45) is 5.92 Å². The highest BCUT2D eigenvalue weighted by atomic mass is 16.5. The molecular weight excluding hydrogens is 342 g/mol. The third-order valence-electron chi connectivity index (χ3n) is 5.32. The molecule has 0 saturated carbocycles. The molecule has 1 aliphatic rings. The number of carbonyl (C=O) groups excluding carboxylic acids is 1. The molecule has 0 bridgehead atoms. The van der Waals surface area contributed by atoms with Gasteiger partial charge < -0.3 is 14.7 Å². The second-order valence-corrected chi connectivity index (χ2v) is 7.08. The van der Waals surface area contributed by atoms with Crippen LogP contribution < -0.4 is 4.74 Å². The van der Waals surface area contributed by atoms with Crippen molar-refractivity contribution in [1.82, 2.24) is 4.90 Å². The van der Waals surface area contributed by atoms with Crippen LogP contribution in [0.25, 0.3) is 0 Å². The standard InChI is InChI=1S/C22H25NO4/c1-15-13-18(27-2)7-8-19(15)21(24)23-11-9-16(10-12-23)14-17-5-3-4-6-20(17)22(25)26/h3-8,13,16H,9-12,14H2,1-2H3,(H,25,26). The van der Waals surface area contributed by atoms with Crippen LogP contribution in [0.1, 0.15) is 44.7 Å². The van der Waals surface area contributed by atoms with Gasteiger partial charge in [0.25, 0.3) is 5.91 Å². The fourth-order valence-corrected chi connectivity index (χ4v) is 3.73. The molecule has 0 radical (unpaired) electrons. The maximum Gasteiger partial charge on any atom is 0.335 e. The van der Waals surface area contributed by atoms with Gasteiger partial charge in [-0.25, -0.2) is 4.79 Å². The molecule has 0 atom stereocenters. The molecule has 1 fully saturated rings. The van der Waals surface area contributed by atoms with Crippen LogP contribution >= 0.6 is 0 Å². The molecule has 5 heteroatoms. The van der Waals surface area contributed by atoms with Crippen molar-refractivity contribution in [1.29, 1.82) is 0 Å². The number of piperidine rings is 1. The third-order valence-corrected chi connectivity index (χ3v) is 5.32. The highest BCUT2D eigenvalue weighted by Crippen LogP contribution is 2.26. The average molecular weight is 367 g/mol. The van der Waals surface area contributed by atoms with Gasteiger partial charge in [-0.3, -0.25) is 4.79 Å². The van der Waals surface area contributed by atoms with E-state index < -0.39 is 5.97 Å². The second kappa shape index (κ2) is 8.25. The number of methoxy groups -OCH3 is 1. The number of carboxylic acids is 1. The van der Waals surface area contributed by atoms with Crippen molar-refractivity contribution in [3.05, 3.63) is 64.7 Å². The van der Waals surface area contributed by atoms with Crippen LogP contribution in [-0.4, -0.2) is 42.1 Å². The summed E-state index contributed by atoms with van der Waals surface area (Å²) in [7, 11) is 1.61. The van der Waals surface area contributed by atoms with Crippen molar-refractivity contribution in [3.63, 3.8) is 0 Å². The number of aromatic carboxylic acids is 1. The Labute approximate surface area is 159 Å².